The Labute approximate surface area is 88.6 Å². The molecule has 0 radical (unpaired) electrons. The Morgan fingerprint density at radius 3 is 2.86 bits per heavy atom. The van der Waals surface area contributed by atoms with E-state index in [1.165, 1.54) is 6.20 Å². The number of halogens is 1. The van der Waals surface area contributed by atoms with E-state index in [4.69, 9.17) is 22.1 Å². The molecule has 0 aromatic carbocycles. The van der Waals surface area contributed by atoms with E-state index < -0.39 is 0 Å². The summed E-state index contributed by atoms with van der Waals surface area (Å²) >= 11 is 5.70. The predicted octanol–water partition coefficient (Wildman–Crippen LogP) is 1.26. The van der Waals surface area contributed by atoms with Crippen molar-refractivity contribution in [1.82, 2.24) is 9.88 Å². The van der Waals surface area contributed by atoms with Crippen LogP contribution in [0, 0.1) is 0 Å². The van der Waals surface area contributed by atoms with E-state index in [9.17, 15) is 0 Å². The summed E-state index contributed by atoms with van der Waals surface area (Å²) in [6.45, 7) is 1.38. The molecule has 1 rings (SSSR count). The summed E-state index contributed by atoms with van der Waals surface area (Å²) in [5.41, 5.74) is 6.12. The molecule has 0 amide bonds. The number of nitrogens with two attached hydrogens (primary N) is 1. The van der Waals surface area contributed by atoms with E-state index in [2.05, 4.69) is 4.98 Å². The number of rotatable bonds is 4. The first kappa shape index (κ1) is 11.1. The average molecular weight is 216 g/mol. The normalized spacial score (nSPS) is 10.6. The van der Waals surface area contributed by atoms with Gasteiger partial charge in [-0.1, -0.05) is 11.6 Å². The second-order valence-electron chi connectivity index (χ2n) is 3.20. The maximum atomic E-state index is 5.70. The quantitative estimate of drug-likeness (QED) is 0.822. The average Bonchev–Trinajstić information content (AvgIpc) is 2.08. The van der Waals surface area contributed by atoms with Crippen molar-refractivity contribution in [3.63, 3.8) is 0 Å². The first-order valence-corrected chi connectivity index (χ1v) is 4.66. The number of nitrogen functional groups attached to an aromatic ring is 1. The van der Waals surface area contributed by atoms with Gasteiger partial charge in [0.05, 0.1) is 10.7 Å². The van der Waals surface area contributed by atoms with Gasteiger partial charge in [-0.2, -0.15) is 0 Å². The van der Waals surface area contributed by atoms with E-state index in [-0.39, 0.29) is 0 Å². The zero-order valence-corrected chi connectivity index (χ0v) is 9.08. The highest BCUT2D eigenvalue weighted by Gasteiger charge is 2.02. The minimum atomic E-state index is 0.441. The lowest BCUT2D eigenvalue weighted by Crippen LogP contribution is -2.20. The Balaban J connectivity index is 2.51. The summed E-state index contributed by atoms with van der Waals surface area (Å²) in [7, 11) is 3.95. The van der Waals surface area contributed by atoms with Gasteiger partial charge in [0, 0.05) is 12.7 Å². The van der Waals surface area contributed by atoms with Crippen LogP contribution in [-0.4, -0.2) is 37.1 Å². The monoisotopic (exact) mass is 215 g/mol. The van der Waals surface area contributed by atoms with Crippen LogP contribution in [0.3, 0.4) is 0 Å². The van der Waals surface area contributed by atoms with Gasteiger partial charge in [0.1, 0.15) is 6.61 Å². The zero-order valence-electron chi connectivity index (χ0n) is 8.33. The smallest absolute Gasteiger partial charge is 0.237 e. The molecule has 0 saturated carbocycles. The van der Waals surface area contributed by atoms with Gasteiger partial charge in [0.25, 0.3) is 0 Å². The Kier molecular flexibility index (Phi) is 3.98. The van der Waals surface area contributed by atoms with Crippen LogP contribution in [0.15, 0.2) is 12.3 Å². The Hall–Kier alpha value is -1.00. The number of hydrogen-bond acceptors (Lipinski definition) is 4. The van der Waals surface area contributed by atoms with Crippen molar-refractivity contribution in [3.05, 3.63) is 17.3 Å². The molecule has 78 valence electrons. The van der Waals surface area contributed by atoms with Crippen molar-refractivity contribution in [2.45, 2.75) is 0 Å². The Bertz CT molecular complexity index is 304. The highest BCUT2D eigenvalue weighted by Crippen LogP contribution is 2.21. The maximum absolute atomic E-state index is 5.70. The maximum Gasteiger partial charge on any atom is 0.237 e. The van der Waals surface area contributed by atoms with E-state index >= 15 is 0 Å². The molecule has 0 bridgehead atoms. The number of likely N-dealkylation sites (N-methyl/N-ethyl adjacent to an activating group) is 1. The Morgan fingerprint density at radius 1 is 1.57 bits per heavy atom. The Morgan fingerprint density at radius 2 is 2.29 bits per heavy atom. The molecule has 5 heteroatoms. The summed E-state index contributed by atoms with van der Waals surface area (Å²) in [6.07, 6.45) is 1.52. The number of anilines is 1. The highest BCUT2D eigenvalue weighted by molar-refractivity contribution is 6.30. The summed E-state index contributed by atoms with van der Waals surface area (Å²) in [5, 5.41) is 0.516. The van der Waals surface area contributed by atoms with E-state index in [1.54, 1.807) is 6.07 Å². The molecule has 0 saturated heterocycles. The van der Waals surface area contributed by atoms with Gasteiger partial charge in [0.2, 0.25) is 5.88 Å². The van der Waals surface area contributed by atoms with Crippen LogP contribution in [0.1, 0.15) is 0 Å². The van der Waals surface area contributed by atoms with Crippen LogP contribution >= 0.6 is 11.6 Å². The summed E-state index contributed by atoms with van der Waals surface area (Å²) in [4.78, 5) is 6.00. The summed E-state index contributed by atoms with van der Waals surface area (Å²) in [5.74, 6) is 0.441. The SMILES string of the molecule is CN(C)CCOc1ncc(Cl)cc1N. The second kappa shape index (κ2) is 5.02. The minimum Gasteiger partial charge on any atom is -0.475 e. The standard InChI is InChI=1S/C9H14ClN3O/c1-13(2)3-4-14-9-8(11)5-7(10)6-12-9/h5-6H,3-4,11H2,1-2H3. The second-order valence-corrected chi connectivity index (χ2v) is 3.64. The highest BCUT2D eigenvalue weighted by atomic mass is 35.5. The molecular weight excluding hydrogens is 202 g/mol. The van der Waals surface area contributed by atoms with Gasteiger partial charge in [0.15, 0.2) is 0 Å². The van der Waals surface area contributed by atoms with Gasteiger partial charge in [-0.25, -0.2) is 4.98 Å². The van der Waals surface area contributed by atoms with E-state index in [0.717, 1.165) is 6.54 Å². The van der Waals surface area contributed by atoms with Crippen molar-refractivity contribution in [2.24, 2.45) is 0 Å². The first-order valence-electron chi connectivity index (χ1n) is 4.28. The molecule has 0 aliphatic carbocycles. The molecule has 4 nitrogen and oxygen atoms in total. The third-order valence-corrected chi connectivity index (χ3v) is 1.83. The molecule has 0 spiro atoms. The third kappa shape index (κ3) is 3.40. The largest absolute Gasteiger partial charge is 0.475 e. The lowest BCUT2D eigenvalue weighted by molar-refractivity contribution is 0.255. The lowest BCUT2D eigenvalue weighted by Gasteiger charge is -2.11. The molecular formula is C9H14ClN3O. The number of aromatic nitrogens is 1. The number of nitrogens with zero attached hydrogens (tertiary/aromatic N) is 2. The van der Waals surface area contributed by atoms with Crippen LogP contribution in [0.4, 0.5) is 5.69 Å². The van der Waals surface area contributed by atoms with Crippen LogP contribution in [0.25, 0.3) is 0 Å². The fourth-order valence-corrected chi connectivity index (χ4v) is 1.05. The van der Waals surface area contributed by atoms with E-state index in [0.29, 0.717) is 23.2 Å². The molecule has 2 N–H and O–H groups in total. The van der Waals surface area contributed by atoms with Crippen molar-refractivity contribution >= 4 is 17.3 Å². The van der Waals surface area contributed by atoms with Crippen molar-refractivity contribution in [1.29, 1.82) is 0 Å². The minimum absolute atomic E-state index is 0.441. The fourth-order valence-electron chi connectivity index (χ4n) is 0.888. The lowest BCUT2D eigenvalue weighted by atomic mass is 10.4. The van der Waals surface area contributed by atoms with Gasteiger partial charge >= 0.3 is 0 Å². The molecule has 0 aliphatic rings. The third-order valence-electron chi connectivity index (χ3n) is 1.62. The van der Waals surface area contributed by atoms with Crippen LogP contribution in [-0.2, 0) is 0 Å². The van der Waals surface area contributed by atoms with E-state index in [1.807, 2.05) is 19.0 Å². The number of pyridine rings is 1. The number of ether oxygens (including phenoxy) is 1. The van der Waals surface area contributed by atoms with Gasteiger partial charge in [-0.15, -0.1) is 0 Å². The van der Waals surface area contributed by atoms with Gasteiger partial charge in [-0.3, -0.25) is 0 Å². The molecule has 14 heavy (non-hydrogen) atoms. The predicted molar refractivity (Wildman–Crippen MR) is 57.7 cm³/mol. The topological polar surface area (TPSA) is 51.4 Å². The molecule has 1 aromatic rings. The van der Waals surface area contributed by atoms with Crippen molar-refractivity contribution in [3.8, 4) is 5.88 Å². The van der Waals surface area contributed by atoms with Crippen molar-refractivity contribution < 1.29 is 4.74 Å². The van der Waals surface area contributed by atoms with Crippen LogP contribution in [0.5, 0.6) is 5.88 Å². The molecule has 1 heterocycles. The van der Waals surface area contributed by atoms with Crippen LogP contribution < -0.4 is 10.5 Å². The molecule has 0 aliphatic heterocycles. The van der Waals surface area contributed by atoms with Gasteiger partial charge < -0.3 is 15.4 Å². The summed E-state index contributed by atoms with van der Waals surface area (Å²) < 4.78 is 5.37. The number of hydrogen-bond donors (Lipinski definition) is 1. The van der Waals surface area contributed by atoms with Gasteiger partial charge in [-0.05, 0) is 20.2 Å². The van der Waals surface area contributed by atoms with Crippen molar-refractivity contribution in [2.75, 3.05) is 33.0 Å². The van der Waals surface area contributed by atoms with Crippen LogP contribution in [0.2, 0.25) is 5.02 Å². The molecule has 1 aromatic heterocycles. The first-order chi connectivity index (χ1) is 6.59. The molecule has 0 atom stereocenters. The fraction of sp³-hybridized carbons (Fsp3) is 0.444. The molecule has 0 fully saturated rings. The summed E-state index contributed by atoms with van der Waals surface area (Å²) in [6, 6.07) is 1.62. The molecule has 0 unspecified atom stereocenters. The zero-order chi connectivity index (χ0) is 10.6.